The second-order valence-electron chi connectivity index (χ2n) is 4.69. The highest BCUT2D eigenvalue weighted by atomic mass is 14.9. The molecule has 0 bridgehead atoms. The molecule has 0 spiro atoms. The highest BCUT2D eigenvalue weighted by Gasteiger charge is 2.10. The predicted molar refractivity (Wildman–Crippen MR) is 59.3 cm³/mol. The van der Waals surface area contributed by atoms with Crippen molar-refractivity contribution in [3.63, 3.8) is 0 Å². The molecule has 0 fully saturated rings. The number of nitrogens with one attached hydrogen (secondary N) is 1. The van der Waals surface area contributed by atoms with Gasteiger partial charge in [-0.2, -0.15) is 0 Å². The molecule has 0 amide bonds. The first-order valence-electron chi connectivity index (χ1n) is 4.74. The molecule has 0 aromatic heterocycles. The van der Waals surface area contributed by atoms with Crippen LogP contribution in [0, 0.1) is 13.8 Å². The molecule has 1 N–H and O–H groups in total. The number of aryl methyl sites for hydroxylation is 2. The molecule has 13 heavy (non-hydrogen) atoms. The van der Waals surface area contributed by atoms with Gasteiger partial charge in [-0.3, -0.25) is 0 Å². The summed E-state index contributed by atoms with van der Waals surface area (Å²) >= 11 is 0. The van der Waals surface area contributed by atoms with Crippen molar-refractivity contribution in [1.29, 1.82) is 0 Å². The topological polar surface area (TPSA) is 12.0 Å². The third kappa shape index (κ3) is 3.10. The number of hydrogen-bond donors (Lipinski definition) is 1. The first kappa shape index (κ1) is 10.1. The summed E-state index contributed by atoms with van der Waals surface area (Å²) in [4.78, 5) is 0. The number of hydrogen-bond acceptors (Lipinski definition) is 1. The van der Waals surface area contributed by atoms with Crippen LogP contribution in [0.5, 0.6) is 0 Å². The average Bonchev–Trinajstić information content (AvgIpc) is 1.94. The molecule has 0 saturated carbocycles. The zero-order chi connectivity index (χ0) is 10.1. The van der Waals surface area contributed by atoms with Gasteiger partial charge in [0, 0.05) is 11.2 Å². The normalized spacial score (nSPS) is 11.5. The smallest absolute Gasteiger partial charge is 0.0376 e. The van der Waals surface area contributed by atoms with Crippen LogP contribution in [-0.2, 0) is 0 Å². The quantitative estimate of drug-likeness (QED) is 0.692. The van der Waals surface area contributed by atoms with Gasteiger partial charge in [0.05, 0.1) is 0 Å². The highest BCUT2D eigenvalue weighted by Crippen LogP contribution is 2.20. The Kier molecular flexibility index (Phi) is 2.65. The molecule has 0 aliphatic carbocycles. The SMILES string of the molecule is Cc1ccc(C)c(NC(C)(C)C)c1. The lowest BCUT2D eigenvalue weighted by atomic mass is 10.1. The largest absolute Gasteiger partial charge is 0.380 e. The first-order valence-corrected chi connectivity index (χ1v) is 4.74. The second kappa shape index (κ2) is 3.41. The minimum atomic E-state index is 0.137. The van der Waals surface area contributed by atoms with Crippen LogP contribution < -0.4 is 5.32 Å². The van der Waals surface area contributed by atoms with E-state index < -0.39 is 0 Å². The van der Waals surface area contributed by atoms with E-state index >= 15 is 0 Å². The maximum Gasteiger partial charge on any atom is 0.0376 e. The van der Waals surface area contributed by atoms with Gasteiger partial charge in [0.2, 0.25) is 0 Å². The lowest BCUT2D eigenvalue weighted by Crippen LogP contribution is -2.26. The summed E-state index contributed by atoms with van der Waals surface area (Å²) in [6.45, 7) is 10.8. The fourth-order valence-corrected chi connectivity index (χ4v) is 1.27. The zero-order valence-electron chi connectivity index (χ0n) is 9.23. The van der Waals surface area contributed by atoms with Gasteiger partial charge in [0.1, 0.15) is 0 Å². The van der Waals surface area contributed by atoms with Gasteiger partial charge in [0.15, 0.2) is 0 Å². The van der Waals surface area contributed by atoms with E-state index in [1.165, 1.54) is 16.8 Å². The molecule has 0 heterocycles. The van der Waals surface area contributed by atoms with Crippen molar-refractivity contribution in [2.24, 2.45) is 0 Å². The Bertz CT molecular complexity index is 294. The Hall–Kier alpha value is -0.980. The first-order chi connectivity index (χ1) is 5.88. The van der Waals surface area contributed by atoms with Crippen molar-refractivity contribution in [2.45, 2.75) is 40.2 Å². The summed E-state index contributed by atoms with van der Waals surface area (Å²) in [5.74, 6) is 0. The molecule has 1 heteroatoms. The number of benzene rings is 1. The molecule has 0 radical (unpaired) electrons. The van der Waals surface area contributed by atoms with E-state index in [-0.39, 0.29) is 5.54 Å². The van der Waals surface area contributed by atoms with E-state index in [2.05, 4.69) is 58.1 Å². The molecule has 1 rings (SSSR count). The van der Waals surface area contributed by atoms with E-state index in [4.69, 9.17) is 0 Å². The van der Waals surface area contributed by atoms with Crippen LogP contribution in [0.25, 0.3) is 0 Å². The van der Waals surface area contributed by atoms with Crippen LogP contribution in [0.2, 0.25) is 0 Å². The van der Waals surface area contributed by atoms with Crippen molar-refractivity contribution in [3.8, 4) is 0 Å². The molecule has 1 aromatic rings. The van der Waals surface area contributed by atoms with Crippen molar-refractivity contribution < 1.29 is 0 Å². The van der Waals surface area contributed by atoms with Crippen molar-refractivity contribution in [1.82, 2.24) is 0 Å². The summed E-state index contributed by atoms with van der Waals surface area (Å²) in [6, 6.07) is 6.49. The van der Waals surface area contributed by atoms with Gasteiger partial charge in [-0.05, 0) is 51.8 Å². The van der Waals surface area contributed by atoms with Gasteiger partial charge < -0.3 is 5.32 Å². The molecule has 0 aliphatic heterocycles. The minimum absolute atomic E-state index is 0.137. The summed E-state index contributed by atoms with van der Waals surface area (Å²) < 4.78 is 0. The van der Waals surface area contributed by atoms with Crippen molar-refractivity contribution in [3.05, 3.63) is 29.3 Å². The van der Waals surface area contributed by atoms with Crippen LogP contribution in [0.3, 0.4) is 0 Å². The Balaban J connectivity index is 2.94. The predicted octanol–water partition coefficient (Wildman–Crippen LogP) is 3.51. The Morgan fingerprint density at radius 2 is 1.69 bits per heavy atom. The van der Waals surface area contributed by atoms with E-state index in [0.717, 1.165) is 0 Å². The molecule has 1 aromatic carbocycles. The maximum atomic E-state index is 3.49. The van der Waals surface area contributed by atoms with Crippen LogP contribution in [-0.4, -0.2) is 5.54 Å². The summed E-state index contributed by atoms with van der Waals surface area (Å²) in [7, 11) is 0. The van der Waals surface area contributed by atoms with Gasteiger partial charge in [-0.15, -0.1) is 0 Å². The third-order valence-corrected chi connectivity index (χ3v) is 1.90. The van der Waals surface area contributed by atoms with Crippen molar-refractivity contribution in [2.75, 3.05) is 5.32 Å². The van der Waals surface area contributed by atoms with Crippen LogP contribution in [0.15, 0.2) is 18.2 Å². The fourth-order valence-electron chi connectivity index (χ4n) is 1.27. The molecule has 0 saturated heterocycles. The van der Waals surface area contributed by atoms with Gasteiger partial charge in [-0.1, -0.05) is 12.1 Å². The monoisotopic (exact) mass is 177 g/mol. The zero-order valence-corrected chi connectivity index (χ0v) is 9.23. The minimum Gasteiger partial charge on any atom is -0.380 e. The lowest BCUT2D eigenvalue weighted by molar-refractivity contribution is 0.633. The van der Waals surface area contributed by atoms with Gasteiger partial charge >= 0.3 is 0 Å². The highest BCUT2D eigenvalue weighted by molar-refractivity contribution is 5.53. The number of rotatable bonds is 1. The van der Waals surface area contributed by atoms with Gasteiger partial charge in [0.25, 0.3) is 0 Å². The summed E-state index contributed by atoms with van der Waals surface area (Å²) in [5.41, 5.74) is 3.99. The van der Waals surface area contributed by atoms with E-state index in [9.17, 15) is 0 Å². The molecule has 0 atom stereocenters. The standard InChI is InChI=1S/C12H19N/c1-9-6-7-10(2)11(8-9)13-12(3,4)5/h6-8,13H,1-5H3. The van der Waals surface area contributed by atoms with E-state index in [1.807, 2.05) is 0 Å². The summed E-state index contributed by atoms with van der Waals surface area (Å²) in [5, 5.41) is 3.49. The molecule has 0 aliphatic rings. The van der Waals surface area contributed by atoms with Gasteiger partial charge in [-0.25, -0.2) is 0 Å². The third-order valence-electron chi connectivity index (χ3n) is 1.90. The molecular weight excluding hydrogens is 158 g/mol. The second-order valence-corrected chi connectivity index (χ2v) is 4.69. The molecule has 0 unspecified atom stereocenters. The lowest BCUT2D eigenvalue weighted by Gasteiger charge is -2.23. The van der Waals surface area contributed by atoms with Crippen molar-refractivity contribution >= 4 is 5.69 Å². The maximum absolute atomic E-state index is 3.49. The Morgan fingerprint density at radius 3 is 2.23 bits per heavy atom. The van der Waals surface area contributed by atoms with E-state index in [0.29, 0.717) is 0 Å². The average molecular weight is 177 g/mol. The Labute approximate surface area is 81.2 Å². The molecule has 1 nitrogen and oxygen atoms in total. The summed E-state index contributed by atoms with van der Waals surface area (Å²) in [6.07, 6.45) is 0. The Morgan fingerprint density at radius 1 is 1.08 bits per heavy atom. The van der Waals surface area contributed by atoms with Crippen LogP contribution in [0.1, 0.15) is 31.9 Å². The molecule has 72 valence electrons. The van der Waals surface area contributed by atoms with Crippen LogP contribution >= 0.6 is 0 Å². The van der Waals surface area contributed by atoms with Crippen LogP contribution in [0.4, 0.5) is 5.69 Å². The number of anilines is 1. The van der Waals surface area contributed by atoms with E-state index in [1.54, 1.807) is 0 Å². The fraction of sp³-hybridized carbons (Fsp3) is 0.500. The molecular formula is C12H19N.